The molecule has 0 bridgehead atoms. The van der Waals surface area contributed by atoms with Crippen molar-refractivity contribution in [2.24, 2.45) is 5.73 Å². The molecule has 0 saturated carbocycles. The molecule has 2 atom stereocenters. The Labute approximate surface area is 94.4 Å². The van der Waals surface area contributed by atoms with E-state index in [-0.39, 0.29) is 18.6 Å². The first-order valence-corrected chi connectivity index (χ1v) is 5.54. The van der Waals surface area contributed by atoms with Crippen LogP contribution in [0, 0.1) is 0 Å². The third-order valence-corrected chi connectivity index (χ3v) is 3.10. The first kappa shape index (κ1) is 13.7. The zero-order chi connectivity index (χ0) is 12.3. The van der Waals surface area contributed by atoms with Crippen molar-refractivity contribution in [2.45, 2.75) is 31.6 Å². The van der Waals surface area contributed by atoms with Gasteiger partial charge in [-0.15, -0.1) is 0 Å². The summed E-state index contributed by atoms with van der Waals surface area (Å²) in [6, 6.07) is -0.247. The lowest BCUT2D eigenvalue weighted by Crippen LogP contribution is -2.50. The van der Waals surface area contributed by atoms with Crippen molar-refractivity contribution in [2.75, 3.05) is 33.2 Å². The molecule has 1 aliphatic heterocycles. The van der Waals surface area contributed by atoms with Gasteiger partial charge in [0.15, 0.2) is 0 Å². The first-order chi connectivity index (χ1) is 7.33. The fourth-order valence-corrected chi connectivity index (χ4v) is 2.17. The summed E-state index contributed by atoms with van der Waals surface area (Å²) < 4.78 is 37.4. The molecule has 6 heteroatoms. The molecule has 0 radical (unpaired) electrons. The molecule has 16 heavy (non-hydrogen) atoms. The number of hydrogen-bond acceptors (Lipinski definition) is 3. The van der Waals surface area contributed by atoms with Crippen molar-refractivity contribution in [1.29, 1.82) is 0 Å². The van der Waals surface area contributed by atoms with Gasteiger partial charge in [-0.1, -0.05) is 0 Å². The molecular formula is C10H20F3N3. The van der Waals surface area contributed by atoms with Gasteiger partial charge in [-0.05, 0) is 26.9 Å². The maximum absolute atomic E-state index is 12.5. The van der Waals surface area contributed by atoms with Crippen LogP contribution in [0.25, 0.3) is 0 Å². The molecule has 0 aromatic heterocycles. The molecule has 1 aliphatic rings. The van der Waals surface area contributed by atoms with Crippen LogP contribution in [0.5, 0.6) is 0 Å². The van der Waals surface area contributed by atoms with Crippen LogP contribution in [0.1, 0.15) is 13.3 Å². The molecule has 0 aromatic carbocycles. The summed E-state index contributed by atoms with van der Waals surface area (Å²) in [7, 11) is 1.93. The minimum atomic E-state index is -4.15. The quantitative estimate of drug-likeness (QED) is 0.791. The van der Waals surface area contributed by atoms with E-state index in [0.717, 1.165) is 13.0 Å². The molecule has 1 saturated heterocycles. The second-order valence-corrected chi connectivity index (χ2v) is 4.58. The molecule has 0 aromatic rings. The Balaban J connectivity index is 2.64. The summed E-state index contributed by atoms with van der Waals surface area (Å²) in [5.41, 5.74) is 5.47. The van der Waals surface area contributed by atoms with Gasteiger partial charge in [-0.3, -0.25) is 4.90 Å². The Bertz CT molecular complexity index is 220. The molecule has 2 N–H and O–H groups in total. The summed E-state index contributed by atoms with van der Waals surface area (Å²) >= 11 is 0. The van der Waals surface area contributed by atoms with Crippen LogP contribution >= 0.6 is 0 Å². The maximum Gasteiger partial charge on any atom is 0.401 e. The lowest BCUT2D eigenvalue weighted by molar-refractivity contribution is -0.154. The smallest absolute Gasteiger partial charge is 0.329 e. The number of alkyl halides is 3. The number of halogens is 3. The van der Waals surface area contributed by atoms with Crippen LogP contribution in [0.2, 0.25) is 0 Å². The Morgan fingerprint density at radius 2 is 2.12 bits per heavy atom. The number of nitrogens with two attached hydrogens (primary N) is 1. The topological polar surface area (TPSA) is 32.5 Å². The summed E-state index contributed by atoms with van der Waals surface area (Å²) in [5, 5.41) is 0. The normalized spacial score (nSPS) is 25.3. The van der Waals surface area contributed by atoms with Crippen LogP contribution in [0.15, 0.2) is 0 Å². The Morgan fingerprint density at radius 1 is 1.50 bits per heavy atom. The van der Waals surface area contributed by atoms with Crippen LogP contribution in [0.4, 0.5) is 13.2 Å². The lowest BCUT2D eigenvalue weighted by atomic mass is 10.1. The van der Waals surface area contributed by atoms with E-state index < -0.39 is 12.7 Å². The average Bonchev–Trinajstić information content (AvgIpc) is 2.58. The predicted molar refractivity (Wildman–Crippen MR) is 57.2 cm³/mol. The van der Waals surface area contributed by atoms with Gasteiger partial charge in [0.1, 0.15) is 0 Å². The molecule has 0 aliphatic carbocycles. The van der Waals surface area contributed by atoms with Crippen molar-refractivity contribution in [3.63, 3.8) is 0 Å². The summed E-state index contributed by atoms with van der Waals surface area (Å²) in [4.78, 5) is 3.54. The van der Waals surface area contributed by atoms with Crippen molar-refractivity contribution < 1.29 is 13.2 Å². The number of rotatable bonds is 4. The zero-order valence-corrected chi connectivity index (χ0v) is 9.80. The summed E-state index contributed by atoms with van der Waals surface area (Å²) in [6.07, 6.45) is -3.36. The van der Waals surface area contributed by atoms with E-state index in [4.69, 9.17) is 5.73 Å². The molecule has 3 nitrogen and oxygen atoms in total. The van der Waals surface area contributed by atoms with Gasteiger partial charge in [0, 0.05) is 25.2 Å². The predicted octanol–water partition coefficient (Wildman–Crippen LogP) is 0.902. The number of hydrogen-bond donors (Lipinski definition) is 1. The molecule has 2 unspecified atom stereocenters. The van der Waals surface area contributed by atoms with E-state index >= 15 is 0 Å². The first-order valence-electron chi connectivity index (χ1n) is 5.54. The van der Waals surface area contributed by atoms with E-state index in [1.165, 1.54) is 4.90 Å². The van der Waals surface area contributed by atoms with Gasteiger partial charge in [-0.25, -0.2) is 0 Å². The zero-order valence-electron chi connectivity index (χ0n) is 9.80. The standard InChI is InChI=1S/C10H20F3N3/c1-8(5-14)16(7-10(11,12)13)9-3-4-15(2)6-9/h8-9H,3-7,14H2,1-2H3. The van der Waals surface area contributed by atoms with Crippen molar-refractivity contribution >= 4 is 0 Å². The Morgan fingerprint density at radius 3 is 2.50 bits per heavy atom. The van der Waals surface area contributed by atoms with Gasteiger partial charge in [0.25, 0.3) is 0 Å². The van der Waals surface area contributed by atoms with E-state index in [1.54, 1.807) is 6.92 Å². The average molecular weight is 239 g/mol. The number of likely N-dealkylation sites (tertiary alicyclic amines) is 1. The van der Waals surface area contributed by atoms with E-state index in [1.807, 2.05) is 7.05 Å². The second-order valence-electron chi connectivity index (χ2n) is 4.58. The van der Waals surface area contributed by atoms with E-state index in [9.17, 15) is 13.2 Å². The molecule has 0 spiro atoms. The number of nitrogens with zero attached hydrogens (tertiary/aromatic N) is 2. The fraction of sp³-hybridized carbons (Fsp3) is 1.00. The van der Waals surface area contributed by atoms with Gasteiger partial charge in [-0.2, -0.15) is 13.2 Å². The lowest BCUT2D eigenvalue weighted by Gasteiger charge is -2.34. The summed E-state index contributed by atoms with van der Waals surface area (Å²) in [5.74, 6) is 0. The minimum absolute atomic E-state index is 0.0230. The highest BCUT2D eigenvalue weighted by atomic mass is 19.4. The van der Waals surface area contributed by atoms with Crippen molar-refractivity contribution in [3.05, 3.63) is 0 Å². The second kappa shape index (κ2) is 5.33. The van der Waals surface area contributed by atoms with Crippen LogP contribution in [0.3, 0.4) is 0 Å². The Hall–Kier alpha value is -0.330. The van der Waals surface area contributed by atoms with Crippen LogP contribution in [-0.2, 0) is 0 Å². The monoisotopic (exact) mass is 239 g/mol. The molecule has 0 amide bonds. The highest BCUT2D eigenvalue weighted by Crippen LogP contribution is 2.23. The largest absolute Gasteiger partial charge is 0.401 e. The van der Waals surface area contributed by atoms with Gasteiger partial charge in [0.05, 0.1) is 6.54 Å². The minimum Gasteiger partial charge on any atom is -0.329 e. The highest BCUT2D eigenvalue weighted by molar-refractivity contribution is 4.86. The third kappa shape index (κ3) is 3.92. The van der Waals surface area contributed by atoms with Gasteiger partial charge in [0.2, 0.25) is 0 Å². The highest BCUT2D eigenvalue weighted by Gasteiger charge is 2.37. The third-order valence-electron chi connectivity index (χ3n) is 3.10. The maximum atomic E-state index is 12.5. The van der Waals surface area contributed by atoms with Crippen molar-refractivity contribution in [1.82, 2.24) is 9.80 Å². The van der Waals surface area contributed by atoms with Crippen LogP contribution < -0.4 is 5.73 Å². The SMILES string of the molecule is CC(CN)N(CC(F)(F)F)C1CCN(C)C1. The van der Waals surface area contributed by atoms with E-state index in [2.05, 4.69) is 4.90 Å². The van der Waals surface area contributed by atoms with E-state index in [0.29, 0.717) is 6.54 Å². The molecule has 1 heterocycles. The Kier molecular flexibility index (Phi) is 4.58. The molecule has 1 fully saturated rings. The number of likely N-dealkylation sites (N-methyl/N-ethyl adjacent to an activating group) is 1. The molecule has 96 valence electrons. The van der Waals surface area contributed by atoms with Crippen molar-refractivity contribution in [3.8, 4) is 0 Å². The fourth-order valence-electron chi connectivity index (χ4n) is 2.17. The molecular weight excluding hydrogens is 219 g/mol. The van der Waals surface area contributed by atoms with Crippen LogP contribution in [-0.4, -0.2) is 61.3 Å². The van der Waals surface area contributed by atoms with Gasteiger partial charge >= 0.3 is 6.18 Å². The summed E-state index contributed by atoms with van der Waals surface area (Å²) in [6.45, 7) is 2.71. The molecule has 1 rings (SSSR count). The van der Waals surface area contributed by atoms with Gasteiger partial charge < -0.3 is 10.6 Å².